The Balaban J connectivity index is 1.13. The summed E-state index contributed by atoms with van der Waals surface area (Å²) in [7, 11) is 0. The van der Waals surface area contributed by atoms with Crippen LogP contribution in [0.2, 0.25) is 5.02 Å². The minimum absolute atomic E-state index is 0.141. The molecule has 3 aromatic carbocycles. The van der Waals surface area contributed by atoms with Crippen molar-refractivity contribution in [2.75, 3.05) is 11.5 Å². The largest absolute Gasteiger partial charge is 0.454 e. The number of Topliss-reactive ketones (excluding diaryl/α,β-unsaturated/α-hetero) is 1. The normalized spacial score (nSPS) is 25.9. The molecule has 2 aliphatic carbocycles. The van der Waals surface area contributed by atoms with Gasteiger partial charge in [0.1, 0.15) is 0 Å². The second-order valence-corrected chi connectivity index (χ2v) is 10.5. The van der Waals surface area contributed by atoms with E-state index in [1.165, 1.54) is 22.6 Å². The first-order chi connectivity index (χ1) is 17.9. The second kappa shape index (κ2) is 9.27. The van der Waals surface area contributed by atoms with Gasteiger partial charge in [0.05, 0.1) is 23.1 Å². The highest BCUT2D eigenvalue weighted by Crippen LogP contribution is 2.61. The van der Waals surface area contributed by atoms with Gasteiger partial charge in [0.2, 0.25) is 11.8 Å². The number of anilines is 1. The van der Waals surface area contributed by atoms with Gasteiger partial charge in [0.15, 0.2) is 12.4 Å². The van der Waals surface area contributed by atoms with E-state index in [0.29, 0.717) is 22.2 Å². The van der Waals surface area contributed by atoms with Crippen molar-refractivity contribution in [2.24, 2.45) is 23.7 Å². The van der Waals surface area contributed by atoms with Crippen LogP contribution in [0.5, 0.6) is 0 Å². The highest BCUT2D eigenvalue weighted by Gasteiger charge is 2.64. The molecule has 3 aliphatic rings. The van der Waals surface area contributed by atoms with Gasteiger partial charge in [0.25, 0.3) is 0 Å². The van der Waals surface area contributed by atoms with Crippen molar-refractivity contribution in [3.63, 3.8) is 0 Å². The average Bonchev–Trinajstić information content (AvgIpc) is 3.59. The molecule has 6 nitrogen and oxygen atoms in total. The van der Waals surface area contributed by atoms with Crippen molar-refractivity contribution in [1.82, 2.24) is 0 Å². The molecule has 0 radical (unpaired) electrons. The summed E-state index contributed by atoms with van der Waals surface area (Å²) in [6, 6.07) is 22.8. The topological polar surface area (TPSA) is 80.8 Å². The first-order valence-electron chi connectivity index (χ1n) is 12.4. The van der Waals surface area contributed by atoms with Gasteiger partial charge in [-0.3, -0.25) is 19.3 Å². The molecule has 7 heteroatoms. The van der Waals surface area contributed by atoms with Gasteiger partial charge >= 0.3 is 5.97 Å². The Kier molecular flexibility index (Phi) is 5.92. The van der Waals surface area contributed by atoms with Crippen LogP contribution in [-0.4, -0.2) is 30.2 Å². The second-order valence-electron chi connectivity index (χ2n) is 10.0. The van der Waals surface area contributed by atoms with Crippen LogP contribution in [0.25, 0.3) is 0 Å². The van der Waals surface area contributed by atoms with Crippen LogP contribution in [0.3, 0.4) is 0 Å². The Morgan fingerprint density at radius 2 is 1.46 bits per heavy atom. The monoisotopic (exact) mass is 513 g/mol. The lowest BCUT2D eigenvalue weighted by molar-refractivity contribution is -0.123. The lowest BCUT2D eigenvalue weighted by Gasteiger charge is -2.28. The highest BCUT2D eigenvalue weighted by molar-refractivity contribution is 6.30. The number of esters is 1. The third-order valence-electron chi connectivity index (χ3n) is 8.11. The summed E-state index contributed by atoms with van der Waals surface area (Å²) in [6.07, 6.45) is 1.85. The molecule has 186 valence electrons. The van der Waals surface area contributed by atoms with Crippen LogP contribution < -0.4 is 4.90 Å². The number of hydrogen-bond acceptors (Lipinski definition) is 5. The number of carbonyl (C=O) groups excluding carboxylic acids is 4. The summed E-state index contributed by atoms with van der Waals surface area (Å²) >= 11 is 5.84. The van der Waals surface area contributed by atoms with E-state index in [1.807, 2.05) is 18.2 Å². The SMILES string of the molecule is O=C(COC(=O)c1ccc(N2C(=O)[C@@H]3[C@H]4C[C@H]([C@H]3C2=O)[C@@H](c2ccccc2)C4)cc1)c1ccc(Cl)cc1. The first-order valence-corrected chi connectivity index (χ1v) is 12.8. The third-order valence-corrected chi connectivity index (χ3v) is 8.36. The number of rotatable bonds is 6. The zero-order valence-corrected chi connectivity index (χ0v) is 20.6. The van der Waals surface area contributed by atoms with Gasteiger partial charge < -0.3 is 4.74 Å². The fraction of sp³-hybridized carbons (Fsp3) is 0.267. The zero-order chi connectivity index (χ0) is 25.7. The predicted octanol–water partition coefficient (Wildman–Crippen LogP) is 5.31. The van der Waals surface area contributed by atoms with E-state index in [4.69, 9.17) is 16.3 Å². The molecule has 0 N–H and O–H groups in total. The maximum atomic E-state index is 13.5. The van der Waals surface area contributed by atoms with E-state index in [0.717, 1.165) is 12.8 Å². The van der Waals surface area contributed by atoms with Crippen LogP contribution in [0.1, 0.15) is 45.0 Å². The molecule has 3 aromatic rings. The van der Waals surface area contributed by atoms with E-state index in [1.54, 1.807) is 36.4 Å². The number of carbonyl (C=O) groups is 4. The Labute approximate surface area is 219 Å². The Bertz CT molecular complexity index is 1390. The molecule has 6 rings (SSSR count). The zero-order valence-electron chi connectivity index (χ0n) is 19.9. The Morgan fingerprint density at radius 1 is 0.811 bits per heavy atom. The van der Waals surface area contributed by atoms with Gasteiger partial charge in [-0.05, 0) is 84.7 Å². The molecule has 2 bridgehead atoms. The minimum atomic E-state index is -0.659. The maximum absolute atomic E-state index is 13.5. The Hall–Kier alpha value is -3.77. The smallest absolute Gasteiger partial charge is 0.338 e. The number of benzene rings is 3. The number of nitrogens with zero attached hydrogens (tertiary/aromatic N) is 1. The first kappa shape index (κ1) is 23.6. The van der Waals surface area contributed by atoms with Crippen LogP contribution in [0.4, 0.5) is 5.69 Å². The summed E-state index contributed by atoms with van der Waals surface area (Å²) in [5.74, 6) is -1.15. The molecule has 0 spiro atoms. The van der Waals surface area contributed by atoms with Crippen LogP contribution >= 0.6 is 11.6 Å². The molecule has 0 aromatic heterocycles. The van der Waals surface area contributed by atoms with E-state index in [9.17, 15) is 19.2 Å². The van der Waals surface area contributed by atoms with Crippen molar-refractivity contribution < 1.29 is 23.9 Å². The lowest BCUT2D eigenvalue weighted by Crippen LogP contribution is -2.33. The molecular weight excluding hydrogens is 490 g/mol. The minimum Gasteiger partial charge on any atom is -0.454 e. The van der Waals surface area contributed by atoms with E-state index >= 15 is 0 Å². The molecule has 2 saturated carbocycles. The molecule has 1 aliphatic heterocycles. The molecule has 1 saturated heterocycles. The van der Waals surface area contributed by atoms with Crippen molar-refractivity contribution in [2.45, 2.75) is 18.8 Å². The summed E-state index contributed by atoms with van der Waals surface area (Å²) in [5.41, 5.74) is 2.32. The van der Waals surface area contributed by atoms with Crippen LogP contribution in [0.15, 0.2) is 78.9 Å². The molecule has 2 amide bonds. The fourth-order valence-electron chi connectivity index (χ4n) is 6.48. The van der Waals surface area contributed by atoms with Crippen molar-refractivity contribution in [3.05, 3.63) is 101 Å². The standard InChI is InChI=1S/C30H24ClNO5/c31-21-10-6-18(7-11-21)25(33)16-37-30(36)19-8-12-22(13-9-19)32-28(34)26-20-14-23(17-4-2-1-3-5-17)24(15-20)27(26)29(32)35/h1-13,20,23-24,26-27H,14-16H2/t20-,23-,24+,26-,27-/m1/s1. The van der Waals surface area contributed by atoms with Gasteiger partial charge in [-0.1, -0.05) is 41.9 Å². The number of fused-ring (bicyclic) bond motifs is 5. The predicted molar refractivity (Wildman–Crippen MR) is 137 cm³/mol. The van der Waals surface area contributed by atoms with E-state index < -0.39 is 12.6 Å². The van der Waals surface area contributed by atoms with Gasteiger partial charge in [0, 0.05) is 10.6 Å². The van der Waals surface area contributed by atoms with Crippen molar-refractivity contribution in [1.29, 1.82) is 0 Å². The van der Waals surface area contributed by atoms with E-state index in [2.05, 4.69) is 12.1 Å². The lowest BCUT2D eigenvalue weighted by atomic mass is 9.73. The molecular formula is C30H24ClNO5. The summed E-state index contributed by atoms with van der Waals surface area (Å²) < 4.78 is 5.16. The van der Waals surface area contributed by atoms with Gasteiger partial charge in [-0.2, -0.15) is 0 Å². The van der Waals surface area contributed by atoms with Crippen molar-refractivity contribution >= 4 is 40.9 Å². The molecule has 5 atom stereocenters. The number of ketones is 1. The summed E-state index contributed by atoms with van der Waals surface area (Å²) in [5, 5.41) is 0.510. The molecule has 3 fully saturated rings. The van der Waals surface area contributed by atoms with E-state index in [-0.39, 0.29) is 46.8 Å². The van der Waals surface area contributed by atoms with Crippen LogP contribution in [-0.2, 0) is 14.3 Å². The molecule has 37 heavy (non-hydrogen) atoms. The number of amides is 2. The number of ether oxygens (including phenoxy) is 1. The number of hydrogen-bond donors (Lipinski definition) is 0. The quantitative estimate of drug-likeness (QED) is 0.253. The fourth-order valence-corrected chi connectivity index (χ4v) is 6.60. The average molecular weight is 514 g/mol. The molecule has 0 unspecified atom stereocenters. The number of halogens is 1. The van der Waals surface area contributed by atoms with Gasteiger partial charge in [-0.25, -0.2) is 4.79 Å². The Morgan fingerprint density at radius 3 is 2.16 bits per heavy atom. The summed E-state index contributed by atoms with van der Waals surface area (Å²) in [4.78, 5) is 52.9. The van der Waals surface area contributed by atoms with Crippen LogP contribution in [0, 0.1) is 23.7 Å². The number of imide groups is 1. The maximum Gasteiger partial charge on any atom is 0.338 e. The van der Waals surface area contributed by atoms with Gasteiger partial charge in [-0.15, -0.1) is 0 Å². The van der Waals surface area contributed by atoms with Crippen molar-refractivity contribution in [3.8, 4) is 0 Å². The molecule has 1 heterocycles. The third kappa shape index (κ3) is 4.05. The highest BCUT2D eigenvalue weighted by atomic mass is 35.5. The summed E-state index contributed by atoms with van der Waals surface area (Å²) in [6.45, 7) is -0.403.